The Morgan fingerprint density at radius 1 is 0.946 bits per heavy atom. The van der Waals surface area contributed by atoms with E-state index in [4.69, 9.17) is 10.5 Å². The first-order chi connectivity index (χ1) is 17.8. The number of benzene rings is 2. The van der Waals surface area contributed by atoms with Crippen LogP contribution in [0.15, 0.2) is 48.5 Å². The minimum absolute atomic E-state index is 0.0705. The second kappa shape index (κ2) is 15.9. The number of phenols is 1. The minimum atomic E-state index is -0.949. The zero-order chi connectivity index (χ0) is 27.2. The second-order valence-corrected chi connectivity index (χ2v) is 9.46. The van der Waals surface area contributed by atoms with Gasteiger partial charge in [0.15, 0.2) is 0 Å². The molecule has 0 saturated heterocycles. The van der Waals surface area contributed by atoms with Crippen LogP contribution in [-0.2, 0) is 22.6 Å². The second-order valence-electron chi connectivity index (χ2n) is 9.46. The lowest BCUT2D eigenvalue weighted by Crippen LogP contribution is -2.46. The number of nitrogens with two attached hydrogens (primary N) is 1. The smallest absolute Gasteiger partial charge is 0.222 e. The first kappa shape index (κ1) is 30.1. The number of aliphatic hydroxyl groups is 1. The first-order valence-electron chi connectivity index (χ1n) is 13.2. The van der Waals surface area contributed by atoms with Gasteiger partial charge in [-0.05, 0) is 61.1 Å². The summed E-state index contributed by atoms with van der Waals surface area (Å²) >= 11 is 0. The van der Waals surface area contributed by atoms with E-state index in [-0.39, 0.29) is 30.5 Å². The molecule has 0 heterocycles. The van der Waals surface area contributed by atoms with Crippen LogP contribution < -0.4 is 10.5 Å². The topological polar surface area (TPSA) is 116 Å². The van der Waals surface area contributed by atoms with E-state index in [1.54, 1.807) is 36.3 Å². The minimum Gasteiger partial charge on any atom is -0.508 e. The Bertz CT molecular complexity index is 960. The van der Waals surface area contributed by atoms with E-state index in [1.165, 1.54) is 0 Å². The number of methoxy groups -OCH3 is 1. The van der Waals surface area contributed by atoms with Crippen molar-refractivity contribution in [3.63, 3.8) is 0 Å². The molecular formula is C29H43N3O5. The summed E-state index contributed by atoms with van der Waals surface area (Å²) < 4.78 is 5.31. The molecule has 0 aliphatic rings. The molecule has 2 amide bonds. The van der Waals surface area contributed by atoms with Crippen LogP contribution in [0.2, 0.25) is 0 Å². The fraction of sp³-hybridized carbons (Fsp3) is 0.517. The van der Waals surface area contributed by atoms with Gasteiger partial charge in [-0.1, -0.05) is 38.1 Å². The summed E-state index contributed by atoms with van der Waals surface area (Å²) in [5.41, 5.74) is 8.05. The highest BCUT2D eigenvalue weighted by atomic mass is 16.5. The van der Waals surface area contributed by atoms with Crippen LogP contribution in [0.25, 0.3) is 0 Å². The summed E-state index contributed by atoms with van der Waals surface area (Å²) in [4.78, 5) is 29.3. The molecule has 37 heavy (non-hydrogen) atoms. The highest BCUT2D eigenvalue weighted by Gasteiger charge is 2.23. The fourth-order valence-electron chi connectivity index (χ4n) is 4.26. The molecule has 2 atom stereocenters. The van der Waals surface area contributed by atoms with E-state index in [0.29, 0.717) is 31.6 Å². The molecule has 2 aromatic carbocycles. The summed E-state index contributed by atoms with van der Waals surface area (Å²) in [6.45, 7) is 5.92. The van der Waals surface area contributed by atoms with Crippen molar-refractivity contribution >= 4 is 11.8 Å². The van der Waals surface area contributed by atoms with Gasteiger partial charge in [0.25, 0.3) is 0 Å². The number of aliphatic hydroxyl groups excluding tert-OH is 1. The van der Waals surface area contributed by atoms with E-state index < -0.39 is 12.1 Å². The van der Waals surface area contributed by atoms with Crippen molar-refractivity contribution in [2.75, 3.05) is 26.7 Å². The molecule has 2 rings (SSSR count). The predicted octanol–water partition coefficient (Wildman–Crippen LogP) is 3.48. The molecule has 8 heteroatoms. The largest absolute Gasteiger partial charge is 0.508 e. The lowest BCUT2D eigenvalue weighted by atomic mass is 10.0. The maximum absolute atomic E-state index is 13.2. The Balaban J connectivity index is 2.05. The molecular weight excluding hydrogens is 470 g/mol. The Morgan fingerprint density at radius 2 is 1.57 bits per heavy atom. The highest BCUT2D eigenvalue weighted by molar-refractivity contribution is 5.79. The molecule has 2 aromatic rings. The Kier molecular flexibility index (Phi) is 12.9. The van der Waals surface area contributed by atoms with E-state index in [9.17, 15) is 19.8 Å². The number of rotatable bonds is 16. The van der Waals surface area contributed by atoms with Crippen LogP contribution in [0.4, 0.5) is 0 Å². The van der Waals surface area contributed by atoms with Crippen molar-refractivity contribution < 1.29 is 24.5 Å². The summed E-state index contributed by atoms with van der Waals surface area (Å²) in [6.07, 6.45) is 2.24. The van der Waals surface area contributed by atoms with Gasteiger partial charge in [-0.25, -0.2) is 0 Å². The molecule has 2 unspecified atom stereocenters. The fourth-order valence-corrected chi connectivity index (χ4v) is 4.26. The van der Waals surface area contributed by atoms with Gasteiger partial charge in [0.1, 0.15) is 11.5 Å². The van der Waals surface area contributed by atoms with Crippen molar-refractivity contribution in [1.29, 1.82) is 0 Å². The van der Waals surface area contributed by atoms with Gasteiger partial charge in [0, 0.05) is 45.1 Å². The van der Waals surface area contributed by atoms with Crippen LogP contribution >= 0.6 is 0 Å². The van der Waals surface area contributed by atoms with Crippen LogP contribution in [0.1, 0.15) is 57.1 Å². The van der Waals surface area contributed by atoms with Gasteiger partial charge >= 0.3 is 0 Å². The normalized spacial score (nSPS) is 12.6. The average molecular weight is 514 g/mol. The molecule has 0 aliphatic carbocycles. The van der Waals surface area contributed by atoms with Gasteiger partial charge in [0.2, 0.25) is 11.8 Å². The number of hydrogen-bond acceptors (Lipinski definition) is 6. The van der Waals surface area contributed by atoms with E-state index >= 15 is 0 Å². The Labute approximate surface area is 221 Å². The van der Waals surface area contributed by atoms with Crippen LogP contribution in [0, 0.1) is 0 Å². The lowest BCUT2D eigenvalue weighted by Gasteiger charge is -2.29. The summed E-state index contributed by atoms with van der Waals surface area (Å²) in [6, 6.07) is 13.6. The molecule has 0 aliphatic heterocycles. The zero-order valence-corrected chi connectivity index (χ0v) is 22.4. The predicted molar refractivity (Wildman–Crippen MR) is 145 cm³/mol. The molecule has 0 spiro atoms. The summed E-state index contributed by atoms with van der Waals surface area (Å²) in [5, 5.41) is 20.4. The van der Waals surface area contributed by atoms with Crippen molar-refractivity contribution in [2.45, 2.75) is 71.1 Å². The number of ether oxygens (including phenoxy) is 1. The molecule has 0 radical (unpaired) electrons. The van der Waals surface area contributed by atoms with Crippen LogP contribution in [0.3, 0.4) is 0 Å². The number of carbonyl (C=O) groups is 2. The zero-order valence-electron chi connectivity index (χ0n) is 22.4. The lowest BCUT2D eigenvalue weighted by molar-refractivity contribution is -0.134. The molecule has 0 saturated carbocycles. The number of phenolic OH excluding ortho intramolecular Hbond substituents is 1. The van der Waals surface area contributed by atoms with Crippen LogP contribution in [-0.4, -0.2) is 70.7 Å². The quantitative estimate of drug-likeness (QED) is 0.316. The molecule has 0 aromatic heterocycles. The Hall–Kier alpha value is -3.10. The van der Waals surface area contributed by atoms with E-state index in [1.807, 2.05) is 43.0 Å². The van der Waals surface area contributed by atoms with Crippen molar-refractivity contribution in [3.05, 3.63) is 59.7 Å². The summed E-state index contributed by atoms with van der Waals surface area (Å²) in [7, 11) is 1.59. The monoisotopic (exact) mass is 513 g/mol. The van der Waals surface area contributed by atoms with E-state index in [0.717, 1.165) is 37.1 Å². The van der Waals surface area contributed by atoms with Crippen molar-refractivity contribution in [1.82, 2.24) is 9.80 Å². The molecule has 204 valence electrons. The van der Waals surface area contributed by atoms with Crippen molar-refractivity contribution in [2.24, 2.45) is 5.73 Å². The summed E-state index contributed by atoms with van der Waals surface area (Å²) in [5.74, 6) is 0.793. The van der Waals surface area contributed by atoms with Crippen molar-refractivity contribution in [3.8, 4) is 11.5 Å². The third kappa shape index (κ3) is 10.4. The third-order valence-corrected chi connectivity index (χ3v) is 6.29. The van der Waals surface area contributed by atoms with Gasteiger partial charge in [0.05, 0.1) is 13.2 Å². The number of hydrogen-bond donors (Lipinski definition) is 3. The van der Waals surface area contributed by atoms with Gasteiger partial charge < -0.3 is 30.5 Å². The molecule has 8 nitrogen and oxygen atoms in total. The van der Waals surface area contributed by atoms with Crippen LogP contribution in [0.5, 0.6) is 11.5 Å². The third-order valence-electron chi connectivity index (χ3n) is 6.29. The molecule has 0 bridgehead atoms. The van der Waals surface area contributed by atoms with E-state index in [2.05, 4.69) is 0 Å². The molecule has 4 N–H and O–H groups in total. The SMILES string of the molecule is CCCN(CCC)C(=O)CCCC(=O)N(Cc1cccc(OC)c1)CC(O)C(N)Cc1ccc(O)cc1. The van der Waals surface area contributed by atoms with Gasteiger partial charge in [-0.3, -0.25) is 9.59 Å². The standard InChI is InChI=1S/C29H43N3O5/c1-4-16-31(17-5-2)28(35)10-7-11-29(36)32(20-23-8-6-9-25(18-23)37-3)21-27(34)26(30)19-22-12-14-24(33)15-13-22/h6,8-9,12-15,18,26-27,33-34H,4-5,7,10-11,16-17,19-21,30H2,1-3H3. The maximum Gasteiger partial charge on any atom is 0.222 e. The van der Waals surface area contributed by atoms with Gasteiger partial charge in [-0.2, -0.15) is 0 Å². The maximum atomic E-state index is 13.2. The molecule has 0 fully saturated rings. The number of amides is 2. The highest BCUT2D eigenvalue weighted by Crippen LogP contribution is 2.17. The number of nitrogens with zero attached hydrogens (tertiary/aromatic N) is 2. The number of carbonyl (C=O) groups excluding carboxylic acids is 2. The van der Waals surface area contributed by atoms with Gasteiger partial charge in [-0.15, -0.1) is 0 Å². The number of aromatic hydroxyl groups is 1. The Morgan fingerprint density at radius 3 is 2.16 bits per heavy atom. The average Bonchev–Trinajstić information content (AvgIpc) is 2.89. The first-order valence-corrected chi connectivity index (χ1v) is 13.2.